The van der Waals surface area contributed by atoms with Crippen LogP contribution in [-0.2, 0) is 11.2 Å². The predicted octanol–water partition coefficient (Wildman–Crippen LogP) is 5.76. The maximum atomic E-state index is 12.0. The molecule has 4 heteroatoms. The third-order valence-corrected chi connectivity index (χ3v) is 4.49. The van der Waals surface area contributed by atoms with Crippen LogP contribution in [0, 0.1) is 0 Å². The highest BCUT2D eigenvalue weighted by Crippen LogP contribution is 2.30. The molecule has 0 heterocycles. The van der Waals surface area contributed by atoms with Crippen LogP contribution in [0.1, 0.15) is 37.3 Å². The fourth-order valence-electron chi connectivity index (χ4n) is 2.07. The lowest BCUT2D eigenvalue weighted by atomic mass is 9.99. The van der Waals surface area contributed by atoms with E-state index in [2.05, 4.69) is 29.8 Å². The summed E-state index contributed by atoms with van der Waals surface area (Å²) >= 11 is 9.30. The number of halogens is 2. The number of ether oxygens (including phenoxy) is 1. The Morgan fingerprint density at radius 1 is 1.23 bits per heavy atom. The van der Waals surface area contributed by atoms with E-state index in [4.69, 9.17) is 16.3 Å². The number of rotatable bonds is 5. The molecule has 0 saturated heterocycles. The van der Waals surface area contributed by atoms with Crippen molar-refractivity contribution in [3.8, 4) is 5.75 Å². The standard InChI is InChI=1S/C18H18BrClO2/c1-3-12(2)14-6-9-17(16(19)11-14)22-18(21)10-13-4-7-15(20)8-5-13/h4-9,11-12H,3,10H2,1-2H3. The third kappa shape index (κ3) is 4.59. The van der Waals surface area contributed by atoms with Gasteiger partial charge < -0.3 is 4.74 Å². The van der Waals surface area contributed by atoms with Crippen LogP contribution in [0.25, 0.3) is 0 Å². The molecule has 0 fully saturated rings. The average molecular weight is 382 g/mol. The lowest BCUT2D eigenvalue weighted by molar-refractivity contribution is -0.133. The smallest absolute Gasteiger partial charge is 0.315 e. The van der Waals surface area contributed by atoms with Crippen molar-refractivity contribution in [2.45, 2.75) is 32.6 Å². The summed E-state index contributed by atoms with van der Waals surface area (Å²) in [6, 6.07) is 13.0. The van der Waals surface area contributed by atoms with Gasteiger partial charge in [0.05, 0.1) is 10.9 Å². The van der Waals surface area contributed by atoms with Crippen LogP contribution in [-0.4, -0.2) is 5.97 Å². The first-order valence-corrected chi connectivity index (χ1v) is 8.41. The lowest BCUT2D eigenvalue weighted by Crippen LogP contribution is -2.11. The van der Waals surface area contributed by atoms with Gasteiger partial charge in [0.15, 0.2) is 0 Å². The first-order chi connectivity index (χ1) is 10.5. The Morgan fingerprint density at radius 2 is 1.91 bits per heavy atom. The fraction of sp³-hybridized carbons (Fsp3) is 0.278. The van der Waals surface area contributed by atoms with E-state index in [0.29, 0.717) is 16.7 Å². The molecule has 0 aliphatic heterocycles. The summed E-state index contributed by atoms with van der Waals surface area (Å²) in [6.45, 7) is 4.33. The molecule has 0 saturated carbocycles. The zero-order valence-electron chi connectivity index (χ0n) is 12.6. The van der Waals surface area contributed by atoms with E-state index in [1.165, 1.54) is 5.56 Å². The first-order valence-electron chi connectivity index (χ1n) is 7.24. The largest absolute Gasteiger partial charge is 0.425 e. The minimum absolute atomic E-state index is 0.219. The topological polar surface area (TPSA) is 26.3 Å². The predicted molar refractivity (Wildman–Crippen MR) is 93.6 cm³/mol. The molecular formula is C18H18BrClO2. The van der Waals surface area contributed by atoms with Gasteiger partial charge in [0, 0.05) is 5.02 Å². The summed E-state index contributed by atoms with van der Waals surface area (Å²) < 4.78 is 6.23. The zero-order chi connectivity index (χ0) is 16.1. The summed E-state index contributed by atoms with van der Waals surface area (Å²) in [5.41, 5.74) is 2.11. The molecule has 0 radical (unpaired) electrons. The van der Waals surface area contributed by atoms with Gasteiger partial charge in [-0.25, -0.2) is 0 Å². The van der Waals surface area contributed by atoms with Gasteiger partial charge in [0.1, 0.15) is 5.75 Å². The maximum Gasteiger partial charge on any atom is 0.315 e. The van der Waals surface area contributed by atoms with Gasteiger partial charge in [-0.05, 0) is 63.7 Å². The molecule has 2 nitrogen and oxygen atoms in total. The number of hydrogen-bond acceptors (Lipinski definition) is 2. The molecule has 22 heavy (non-hydrogen) atoms. The SMILES string of the molecule is CCC(C)c1ccc(OC(=O)Cc2ccc(Cl)cc2)c(Br)c1. The van der Waals surface area contributed by atoms with E-state index < -0.39 is 0 Å². The van der Waals surface area contributed by atoms with Crippen LogP contribution in [0.3, 0.4) is 0 Å². The molecule has 0 amide bonds. The maximum absolute atomic E-state index is 12.0. The number of carbonyl (C=O) groups is 1. The normalized spacial score (nSPS) is 12.0. The van der Waals surface area contributed by atoms with Crippen molar-refractivity contribution in [1.29, 1.82) is 0 Å². The van der Waals surface area contributed by atoms with Crippen molar-refractivity contribution in [2.24, 2.45) is 0 Å². The molecule has 2 rings (SSSR count). The Balaban J connectivity index is 2.03. The van der Waals surface area contributed by atoms with Crippen molar-refractivity contribution in [3.63, 3.8) is 0 Å². The van der Waals surface area contributed by atoms with Crippen LogP contribution in [0.5, 0.6) is 5.75 Å². The second-order valence-electron chi connectivity index (χ2n) is 5.28. The second-order valence-corrected chi connectivity index (χ2v) is 6.57. The Morgan fingerprint density at radius 3 is 2.50 bits per heavy atom. The molecule has 0 aromatic heterocycles. The molecule has 116 valence electrons. The van der Waals surface area contributed by atoms with Crippen molar-refractivity contribution in [2.75, 3.05) is 0 Å². The molecule has 0 N–H and O–H groups in total. The first kappa shape index (κ1) is 17.0. The van der Waals surface area contributed by atoms with E-state index in [-0.39, 0.29) is 12.4 Å². The van der Waals surface area contributed by atoms with Crippen molar-refractivity contribution < 1.29 is 9.53 Å². The quantitative estimate of drug-likeness (QED) is 0.486. The van der Waals surface area contributed by atoms with Crippen molar-refractivity contribution >= 4 is 33.5 Å². The second kappa shape index (κ2) is 7.80. The van der Waals surface area contributed by atoms with Gasteiger partial charge in [-0.3, -0.25) is 4.79 Å². The van der Waals surface area contributed by atoms with Crippen molar-refractivity contribution in [3.05, 3.63) is 63.1 Å². The third-order valence-electron chi connectivity index (χ3n) is 3.62. The Labute approximate surface area is 144 Å². The molecule has 0 spiro atoms. The number of carbonyl (C=O) groups excluding carboxylic acids is 1. The Hall–Kier alpha value is -1.32. The van der Waals surface area contributed by atoms with Crippen LogP contribution in [0.4, 0.5) is 0 Å². The highest BCUT2D eigenvalue weighted by atomic mass is 79.9. The zero-order valence-corrected chi connectivity index (χ0v) is 14.9. The van der Waals surface area contributed by atoms with Gasteiger partial charge in [0.2, 0.25) is 0 Å². The van der Waals surface area contributed by atoms with Crippen LogP contribution in [0.15, 0.2) is 46.9 Å². The molecular weight excluding hydrogens is 364 g/mol. The lowest BCUT2D eigenvalue weighted by Gasteiger charge is -2.12. The van der Waals surface area contributed by atoms with E-state index >= 15 is 0 Å². The number of benzene rings is 2. The molecule has 0 aliphatic rings. The van der Waals surface area contributed by atoms with Gasteiger partial charge in [-0.2, -0.15) is 0 Å². The summed E-state index contributed by atoms with van der Waals surface area (Å²) in [5, 5.41) is 0.653. The van der Waals surface area contributed by atoms with Crippen LogP contribution in [0.2, 0.25) is 5.02 Å². The monoisotopic (exact) mass is 380 g/mol. The van der Waals surface area contributed by atoms with E-state index in [1.54, 1.807) is 12.1 Å². The summed E-state index contributed by atoms with van der Waals surface area (Å²) in [4.78, 5) is 12.0. The Kier molecular flexibility index (Phi) is 6.04. The van der Waals surface area contributed by atoms with Crippen LogP contribution >= 0.6 is 27.5 Å². The molecule has 1 unspecified atom stereocenters. The molecule has 0 aliphatic carbocycles. The fourth-order valence-corrected chi connectivity index (χ4v) is 2.67. The van der Waals surface area contributed by atoms with Crippen LogP contribution < -0.4 is 4.74 Å². The van der Waals surface area contributed by atoms with Gasteiger partial charge in [0.25, 0.3) is 0 Å². The summed E-state index contributed by atoms with van der Waals surface area (Å²) in [6.07, 6.45) is 1.29. The van der Waals surface area contributed by atoms with Crippen molar-refractivity contribution in [1.82, 2.24) is 0 Å². The highest BCUT2D eigenvalue weighted by molar-refractivity contribution is 9.10. The summed E-state index contributed by atoms with van der Waals surface area (Å²) in [7, 11) is 0. The minimum Gasteiger partial charge on any atom is -0.425 e. The van der Waals surface area contributed by atoms with Gasteiger partial charge in [-0.15, -0.1) is 0 Å². The highest BCUT2D eigenvalue weighted by Gasteiger charge is 2.11. The van der Waals surface area contributed by atoms with Gasteiger partial charge >= 0.3 is 5.97 Å². The summed E-state index contributed by atoms with van der Waals surface area (Å²) in [5.74, 6) is 0.737. The number of esters is 1. The average Bonchev–Trinajstić information content (AvgIpc) is 2.50. The molecule has 2 aromatic carbocycles. The van der Waals surface area contributed by atoms with E-state index in [1.807, 2.05) is 30.3 Å². The Bertz CT molecular complexity index is 653. The minimum atomic E-state index is -0.292. The van der Waals surface area contributed by atoms with E-state index in [9.17, 15) is 4.79 Å². The van der Waals surface area contributed by atoms with Gasteiger partial charge in [-0.1, -0.05) is 43.6 Å². The molecule has 0 bridgehead atoms. The molecule has 1 atom stereocenters. The van der Waals surface area contributed by atoms with E-state index in [0.717, 1.165) is 16.5 Å². The number of hydrogen-bond donors (Lipinski definition) is 0. The molecule has 2 aromatic rings.